The van der Waals surface area contributed by atoms with Gasteiger partial charge in [-0.3, -0.25) is 0 Å². The molecular weight excluding hydrogens is 296 g/mol. The molecule has 0 radical (unpaired) electrons. The van der Waals surface area contributed by atoms with Crippen molar-refractivity contribution in [3.63, 3.8) is 0 Å². The van der Waals surface area contributed by atoms with Crippen LogP contribution in [-0.4, -0.2) is 0 Å². The Hall–Kier alpha value is -4.12. The summed E-state index contributed by atoms with van der Waals surface area (Å²) in [5, 5.41) is 22.6. The lowest BCUT2D eigenvalue weighted by Crippen LogP contribution is -2.30. The summed E-state index contributed by atoms with van der Waals surface area (Å²) in [7, 11) is 0. The van der Waals surface area contributed by atoms with Crippen LogP contribution in [0.2, 0.25) is 0 Å². The molecule has 0 fully saturated rings. The highest BCUT2D eigenvalue weighted by molar-refractivity contribution is 6.09. The summed E-state index contributed by atoms with van der Waals surface area (Å²) >= 11 is 0. The van der Waals surface area contributed by atoms with Gasteiger partial charge in [-0.05, 0) is 21.5 Å². The van der Waals surface area contributed by atoms with Crippen LogP contribution in [0.3, 0.4) is 0 Å². The molecule has 4 nitrogen and oxygen atoms in total. The first-order valence-corrected chi connectivity index (χ1v) is 7.00. The van der Waals surface area contributed by atoms with Gasteiger partial charge < -0.3 is 0 Å². The third kappa shape index (κ3) is 2.05. The first-order chi connectivity index (χ1) is 11.8. The molecule has 3 aromatic carbocycles. The quantitative estimate of drug-likeness (QED) is 0.473. The van der Waals surface area contributed by atoms with Gasteiger partial charge in [0.1, 0.15) is 30.9 Å². The number of rotatable bonds is 0. The van der Waals surface area contributed by atoms with Crippen molar-refractivity contribution in [3.05, 3.63) is 81.8 Å². The zero-order chi connectivity index (χ0) is 17.1. The lowest BCUT2D eigenvalue weighted by atomic mass is 9.95. The van der Waals surface area contributed by atoms with E-state index in [9.17, 15) is 10.5 Å². The Kier molecular flexibility index (Phi) is 3.66. The van der Waals surface area contributed by atoms with Crippen LogP contribution in [0, 0.1) is 35.8 Å². The molecular formula is C20H8N4. The summed E-state index contributed by atoms with van der Waals surface area (Å²) in [6.07, 6.45) is 0. The Morgan fingerprint density at radius 1 is 0.708 bits per heavy atom. The highest BCUT2D eigenvalue weighted by Crippen LogP contribution is 2.21. The minimum absolute atomic E-state index is 0.100. The van der Waals surface area contributed by atoms with Gasteiger partial charge in [0.2, 0.25) is 0 Å². The first-order valence-electron chi connectivity index (χ1n) is 7.00. The van der Waals surface area contributed by atoms with Crippen LogP contribution in [0.5, 0.6) is 0 Å². The van der Waals surface area contributed by atoms with Gasteiger partial charge in [0, 0.05) is 5.22 Å². The van der Waals surface area contributed by atoms with E-state index in [-0.39, 0.29) is 11.4 Å². The molecule has 0 aromatic heterocycles. The average molecular weight is 304 g/mol. The molecule has 4 heteroatoms. The maximum absolute atomic E-state index is 9.39. The minimum atomic E-state index is -0.144. The molecule has 0 aliphatic rings. The molecule has 0 bridgehead atoms. The summed E-state index contributed by atoms with van der Waals surface area (Å²) in [4.78, 5) is 6.65. The molecule has 0 atom stereocenters. The second-order valence-corrected chi connectivity index (χ2v) is 4.99. The number of hydrogen-bond acceptors (Lipinski definition) is 2. The van der Waals surface area contributed by atoms with Crippen molar-refractivity contribution in [1.82, 2.24) is 0 Å². The molecule has 0 aliphatic carbocycles. The van der Waals surface area contributed by atoms with Crippen molar-refractivity contribution in [1.29, 1.82) is 10.5 Å². The number of fused-ring (bicyclic) bond motifs is 3. The maximum atomic E-state index is 9.39. The molecule has 0 aliphatic heterocycles. The van der Waals surface area contributed by atoms with Crippen LogP contribution < -0.4 is 10.4 Å². The predicted octanol–water partition coefficient (Wildman–Crippen LogP) is 3.10. The van der Waals surface area contributed by atoms with E-state index in [2.05, 4.69) is 9.69 Å². The van der Waals surface area contributed by atoms with Crippen LogP contribution in [-0.2, 0) is 0 Å². The number of hydrogen-bond donors (Lipinski definition) is 0. The van der Waals surface area contributed by atoms with Gasteiger partial charge in [0.25, 0.3) is 0 Å². The number of benzene rings is 3. The fourth-order valence-corrected chi connectivity index (χ4v) is 2.91. The van der Waals surface area contributed by atoms with Crippen LogP contribution in [0.4, 0.5) is 0 Å². The minimum Gasteiger partial charge on any atom is -0.192 e. The highest BCUT2D eigenvalue weighted by Gasteiger charge is 2.16. The molecule has 0 saturated carbocycles. The van der Waals surface area contributed by atoms with Gasteiger partial charge in [-0.2, -0.15) is 20.2 Å². The zero-order valence-corrected chi connectivity index (χ0v) is 12.4. The van der Waals surface area contributed by atoms with Crippen molar-refractivity contribution in [2.75, 3.05) is 0 Å². The molecule has 0 N–H and O–H groups in total. The van der Waals surface area contributed by atoms with E-state index in [0.717, 1.165) is 10.8 Å². The van der Waals surface area contributed by atoms with Crippen molar-refractivity contribution < 1.29 is 0 Å². The van der Waals surface area contributed by atoms with E-state index in [1.807, 2.05) is 54.6 Å². The monoisotopic (exact) mass is 304 g/mol. The molecule has 0 unspecified atom stereocenters. The zero-order valence-electron chi connectivity index (χ0n) is 12.4. The Morgan fingerprint density at radius 2 is 1.12 bits per heavy atom. The van der Waals surface area contributed by atoms with Crippen LogP contribution in [0.1, 0.15) is 0 Å². The van der Waals surface area contributed by atoms with Crippen LogP contribution in [0.15, 0.2) is 48.5 Å². The van der Waals surface area contributed by atoms with Gasteiger partial charge in [-0.1, -0.05) is 48.5 Å². The van der Waals surface area contributed by atoms with E-state index in [0.29, 0.717) is 21.2 Å². The highest BCUT2D eigenvalue weighted by atomic mass is 14.9. The topological polar surface area (TPSA) is 56.3 Å². The van der Waals surface area contributed by atoms with Gasteiger partial charge in [-0.15, -0.1) is 0 Å². The van der Waals surface area contributed by atoms with Crippen LogP contribution in [0.25, 0.3) is 42.6 Å². The molecule has 0 amide bonds. The average Bonchev–Trinajstić information content (AvgIpc) is 2.65. The number of nitrogens with zero attached hydrogens (tertiary/aromatic N) is 4. The van der Waals surface area contributed by atoms with Gasteiger partial charge in [0.15, 0.2) is 0 Å². The van der Waals surface area contributed by atoms with Crippen molar-refractivity contribution >= 4 is 32.9 Å². The second-order valence-electron chi connectivity index (χ2n) is 4.99. The fraction of sp³-hybridized carbons (Fsp3) is 0. The Labute approximate surface area is 138 Å². The molecule has 24 heavy (non-hydrogen) atoms. The van der Waals surface area contributed by atoms with Crippen molar-refractivity contribution in [2.24, 2.45) is 0 Å². The summed E-state index contributed by atoms with van der Waals surface area (Å²) in [6, 6.07) is 18.6. The maximum Gasteiger partial charge on any atom is 0.527 e. The van der Waals surface area contributed by atoms with Crippen LogP contribution >= 0.6 is 0 Å². The first kappa shape index (κ1) is 14.8. The Bertz CT molecular complexity index is 1150. The summed E-state index contributed by atoms with van der Waals surface area (Å²) in [6.45, 7) is 14.7. The van der Waals surface area contributed by atoms with E-state index in [1.54, 1.807) is 6.07 Å². The smallest absolute Gasteiger partial charge is 0.192 e. The third-order valence-corrected chi connectivity index (χ3v) is 3.84. The fourth-order valence-electron chi connectivity index (χ4n) is 2.91. The summed E-state index contributed by atoms with van der Waals surface area (Å²) in [5.74, 6) is -0.144. The number of nitriles is 2. The lowest BCUT2D eigenvalue weighted by molar-refractivity contribution is 1.49. The van der Waals surface area contributed by atoms with E-state index in [4.69, 9.17) is 13.1 Å². The Balaban J connectivity index is 2.99. The predicted molar refractivity (Wildman–Crippen MR) is 92.0 cm³/mol. The molecule has 0 heterocycles. The van der Waals surface area contributed by atoms with E-state index < -0.39 is 0 Å². The molecule has 0 saturated heterocycles. The SMILES string of the molecule is [C-]#[N+]C([N+]#[C-])=c1c(=C(C#N)C#N)c2ccccc2c2ccccc12. The van der Waals surface area contributed by atoms with Crippen molar-refractivity contribution in [2.45, 2.75) is 0 Å². The Morgan fingerprint density at radius 3 is 1.54 bits per heavy atom. The van der Waals surface area contributed by atoms with Crippen molar-refractivity contribution in [3.8, 4) is 12.1 Å². The molecule has 0 spiro atoms. The molecule has 3 aromatic rings. The lowest BCUT2D eigenvalue weighted by Gasteiger charge is -2.06. The third-order valence-electron chi connectivity index (χ3n) is 3.84. The molecule has 108 valence electrons. The van der Waals surface area contributed by atoms with Gasteiger partial charge >= 0.3 is 5.82 Å². The van der Waals surface area contributed by atoms with Gasteiger partial charge in [-0.25, -0.2) is 0 Å². The van der Waals surface area contributed by atoms with Gasteiger partial charge in [0.05, 0.1) is 5.22 Å². The summed E-state index contributed by atoms with van der Waals surface area (Å²) < 4.78 is 0. The standard InChI is InChI=1S/C20H8N4/c1-23-20(24-2)19-17-10-6-4-8-15(17)14-7-3-5-9-16(14)18(19)13(11-21)12-22/h3-10H. The second kappa shape index (κ2) is 5.94. The van der Waals surface area contributed by atoms with E-state index >= 15 is 0 Å². The molecule has 3 rings (SSSR count). The largest absolute Gasteiger partial charge is 0.527 e. The summed E-state index contributed by atoms with van der Waals surface area (Å²) in [5.41, 5.74) is -0.100. The van der Waals surface area contributed by atoms with E-state index in [1.165, 1.54) is 0 Å². The normalized spacial score (nSPS) is 9.50.